The van der Waals surface area contributed by atoms with Crippen LogP contribution in [0.5, 0.6) is 0 Å². The van der Waals surface area contributed by atoms with Gasteiger partial charge in [0.05, 0.1) is 12.0 Å². The van der Waals surface area contributed by atoms with Gasteiger partial charge in [-0.05, 0) is 153 Å². The Morgan fingerprint density at radius 2 is 1.62 bits per heavy atom. The minimum Gasteiger partial charge on any atom is -0.456 e. The molecule has 7 heteroatoms. The fourth-order valence-corrected chi connectivity index (χ4v) is 12.9. The molecule has 7 rings (SSSR count). The highest BCUT2D eigenvalue weighted by Crippen LogP contribution is 2.73. The van der Waals surface area contributed by atoms with Crippen LogP contribution >= 0.6 is 0 Å². The van der Waals surface area contributed by atoms with Gasteiger partial charge in [-0.2, -0.15) is 0 Å². The van der Waals surface area contributed by atoms with Gasteiger partial charge in [0.1, 0.15) is 5.76 Å². The summed E-state index contributed by atoms with van der Waals surface area (Å²) in [7, 11) is 3.25. The number of hydrogen-bond acceptors (Lipinski definition) is 5. The summed E-state index contributed by atoms with van der Waals surface area (Å²) in [5.41, 5.74) is 2.76. The minimum atomic E-state index is -0.199. The molecule has 8 atom stereocenters. The number of nitrogens with one attached hydrogen (secondary N) is 2. The highest BCUT2D eigenvalue weighted by Gasteiger charge is 2.66. The van der Waals surface area contributed by atoms with Crippen molar-refractivity contribution in [1.82, 2.24) is 10.6 Å². The fourth-order valence-electron chi connectivity index (χ4n) is 12.9. The van der Waals surface area contributed by atoms with E-state index < -0.39 is 0 Å². The van der Waals surface area contributed by atoms with E-state index in [0.29, 0.717) is 58.7 Å². The summed E-state index contributed by atoms with van der Waals surface area (Å²) in [6.45, 7) is 16.5. The van der Waals surface area contributed by atoms with E-state index in [1.165, 1.54) is 64.2 Å². The van der Waals surface area contributed by atoms with Crippen LogP contribution in [0.25, 0.3) is 0 Å². The molecule has 1 heterocycles. The average molecular weight is 729 g/mol. The van der Waals surface area contributed by atoms with Gasteiger partial charge in [-0.1, -0.05) is 58.7 Å². The number of allylic oxidation sites excluding steroid dienone is 1. The molecule has 8 unspecified atom stereocenters. The lowest BCUT2D eigenvalue weighted by Gasteiger charge is -2.68. The maximum absolute atomic E-state index is 14.2. The molecule has 5 fully saturated rings. The van der Waals surface area contributed by atoms with E-state index in [1.807, 2.05) is 25.1 Å². The summed E-state index contributed by atoms with van der Waals surface area (Å²) >= 11 is 0. The molecule has 2 N–H and O–H groups in total. The minimum absolute atomic E-state index is 0.192. The Balaban J connectivity index is 0.000000847. The van der Waals surface area contributed by atoms with Crippen molar-refractivity contribution in [3.8, 4) is 0 Å². The number of carbonyl (C=O) groups is 3. The monoisotopic (exact) mass is 729 g/mol. The van der Waals surface area contributed by atoms with Crippen molar-refractivity contribution >= 4 is 18.1 Å². The second kappa shape index (κ2) is 17.1. The van der Waals surface area contributed by atoms with Crippen molar-refractivity contribution in [2.75, 3.05) is 20.8 Å². The molecule has 0 bridgehead atoms. The lowest BCUT2D eigenvalue weighted by atomic mass is 9.36. The van der Waals surface area contributed by atoms with E-state index in [9.17, 15) is 14.4 Å². The molecule has 0 radical (unpaired) electrons. The van der Waals surface area contributed by atoms with E-state index >= 15 is 0 Å². The van der Waals surface area contributed by atoms with Crippen molar-refractivity contribution < 1.29 is 23.5 Å². The summed E-state index contributed by atoms with van der Waals surface area (Å²) in [5, 5.41) is 6.26. The van der Waals surface area contributed by atoms with Crippen molar-refractivity contribution in [1.29, 1.82) is 0 Å². The number of benzene rings is 1. The second-order valence-corrected chi connectivity index (χ2v) is 18.2. The molecule has 53 heavy (non-hydrogen) atoms. The Morgan fingerprint density at radius 1 is 0.868 bits per heavy atom. The van der Waals surface area contributed by atoms with Crippen LogP contribution in [0.4, 0.5) is 0 Å². The van der Waals surface area contributed by atoms with E-state index in [4.69, 9.17) is 4.42 Å². The Kier molecular flexibility index (Phi) is 13.2. The van der Waals surface area contributed by atoms with Gasteiger partial charge < -0.3 is 19.8 Å². The first-order valence-corrected chi connectivity index (χ1v) is 20.5. The second-order valence-electron chi connectivity index (χ2n) is 18.2. The van der Waals surface area contributed by atoms with E-state index in [2.05, 4.69) is 49.6 Å². The molecule has 0 aliphatic heterocycles. The SMILES string of the molecule is C=CC.CC1(C)CCCC2(C)C1CCC1(C)C3CCC4(C(=O)NCCc5cccc(C(=O)NCc6ccc(C=O)o6)c5)CCCC4C3CCC12.COC. The van der Waals surface area contributed by atoms with Crippen molar-refractivity contribution in [3.05, 3.63) is 71.7 Å². The number of methoxy groups -OCH3 is 1. The molecule has 5 aliphatic carbocycles. The van der Waals surface area contributed by atoms with Gasteiger partial charge in [0.15, 0.2) is 12.0 Å². The molecule has 1 aromatic heterocycles. The van der Waals surface area contributed by atoms with Gasteiger partial charge in [-0.25, -0.2) is 0 Å². The third kappa shape index (κ3) is 8.11. The number of rotatable bonds is 8. The number of fused-ring (bicyclic) bond motifs is 7. The lowest BCUT2D eigenvalue weighted by molar-refractivity contribution is -0.196. The van der Waals surface area contributed by atoms with Gasteiger partial charge in [-0.3, -0.25) is 14.4 Å². The molecule has 1 aromatic carbocycles. The standard InChI is InChI=1S/C41H56N2O4.C3H6.C2H6O/c1-38(2)18-7-19-40(4)34(38)16-21-39(3)32-15-22-41(20-6-10-33(41)31(32)13-14-35(39)40)37(46)42-23-17-27-8-5-9-28(24-27)36(45)43-25-29-11-12-30(26-44)47-29;2*1-3-2/h5,8-9,11-12,24,26,31-35H,6-7,10,13-23,25H2,1-4H3,(H,42,46)(H,43,45);3H,1H2,2H3;1-2H3. The van der Waals surface area contributed by atoms with Crippen LogP contribution in [0.2, 0.25) is 0 Å². The van der Waals surface area contributed by atoms with Crippen molar-refractivity contribution in [3.63, 3.8) is 0 Å². The van der Waals surface area contributed by atoms with E-state index in [0.717, 1.165) is 36.2 Å². The van der Waals surface area contributed by atoms with Gasteiger partial charge in [0, 0.05) is 26.3 Å². The van der Waals surface area contributed by atoms with Gasteiger partial charge >= 0.3 is 0 Å². The van der Waals surface area contributed by atoms with Crippen LogP contribution in [0.3, 0.4) is 0 Å². The first-order valence-electron chi connectivity index (χ1n) is 20.5. The number of amides is 2. The van der Waals surface area contributed by atoms with Crippen LogP contribution in [0, 0.1) is 51.2 Å². The largest absolute Gasteiger partial charge is 0.456 e. The number of carbonyl (C=O) groups excluding carboxylic acids is 3. The van der Waals surface area contributed by atoms with Gasteiger partial charge in [0.2, 0.25) is 5.91 Å². The van der Waals surface area contributed by atoms with Crippen LogP contribution in [-0.2, 0) is 22.5 Å². The smallest absolute Gasteiger partial charge is 0.251 e. The predicted octanol–water partition coefficient (Wildman–Crippen LogP) is 9.99. The molecule has 0 saturated heterocycles. The molecule has 2 amide bonds. The molecule has 5 aliphatic rings. The average Bonchev–Trinajstić information content (AvgIpc) is 3.79. The Bertz CT molecular complexity index is 1580. The first kappa shape index (κ1) is 41.0. The Morgan fingerprint density at radius 3 is 2.34 bits per heavy atom. The molecular weight excluding hydrogens is 661 g/mol. The number of ether oxygens (including phenoxy) is 1. The maximum Gasteiger partial charge on any atom is 0.251 e. The summed E-state index contributed by atoms with van der Waals surface area (Å²) in [4.78, 5) is 37.8. The zero-order chi connectivity index (χ0) is 38.4. The fraction of sp³-hybridized carbons (Fsp3) is 0.674. The van der Waals surface area contributed by atoms with E-state index in [1.54, 1.807) is 38.5 Å². The third-order valence-electron chi connectivity index (χ3n) is 14.8. The number of hydrogen-bond donors (Lipinski definition) is 2. The van der Waals surface area contributed by atoms with Gasteiger partial charge in [0.25, 0.3) is 5.91 Å². The van der Waals surface area contributed by atoms with Crippen LogP contribution < -0.4 is 10.6 Å². The molecule has 0 spiro atoms. The topological polar surface area (TPSA) is 97.6 Å². The molecule has 292 valence electrons. The summed E-state index contributed by atoms with van der Waals surface area (Å²) in [6.07, 6.45) is 18.5. The zero-order valence-electron chi connectivity index (χ0n) is 33.9. The summed E-state index contributed by atoms with van der Waals surface area (Å²) in [5.74, 6) is 4.55. The molecule has 7 nitrogen and oxygen atoms in total. The van der Waals surface area contributed by atoms with Crippen LogP contribution in [0.15, 0.2) is 53.5 Å². The van der Waals surface area contributed by atoms with Gasteiger partial charge in [-0.15, -0.1) is 6.58 Å². The number of furan rings is 1. The highest BCUT2D eigenvalue weighted by atomic mass is 16.4. The maximum atomic E-state index is 14.2. The summed E-state index contributed by atoms with van der Waals surface area (Å²) < 4.78 is 9.61. The Labute approximate surface area is 319 Å². The van der Waals surface area contributed by atoms with Crippen molar-refractivity contribution in [2.45, 2.75) is 125 Å². The highest BCUT2D eigenvalue weighted by molar-refractivity contribution is 5.94. The lowest BCUT2D eigenvalue weighted by Crippen LogP contribution is -2.62. The molecule has 2 aromatic rings. The Hall–Kier alpha value is -3.19. The summed E-state index contributed by atoms with van der Waals surface area (Å²) in [6, 6.07) is 10.9. The third-order valence-corrected chi connectivity index (χ3v) is 14.8. The normalized spacial score (nSPS) is 33.5. The first-order chi connectivity index (χ1) is 25.3. The quantitative estimate of drug-likeness (QED) is 0.208. The van der Waals surface area contributed by atoms with Crippen molar-refractivity contribution in [2.24, 2.45) is 51.2 Å². The number of aldehydes is 1. The predicted molar refractivity (Wildman–Crippen MR) is 213 cm³/mol. The molecular formula is C46H68N2O5. The van der Waals surface area contributed by atoms with Crippen LogP contribution in [0.1, 0.15) is 144 Å². The van der Waals surface area contributed by atoms with Crippen LogP contribution in [-0.4, -0.2) is 38.9 Å². The zero-order valence-corrected chi connectivity index (χ0v) is 33.9. The molecule has 5 saturated carbocycles. The van der Waals surface area contributed by atoms with E-state index in [-0.39, 0.29) is 29.5 Å².